The molecule has 84 valence electrons. The van der Waals surface area contributed by atoms with Crippen LogP contribution in [0.3, 0.4) is 0 Å². The zero-order chi connectivity index (χ0) is 11.5. The summed E-state index contributed by atoms with van der Waals surface area (Å²) in [6, 6.07) is 3.57. The number of nitrogens with zero attached hydrogens (tertiary/aromatic N) is 2. The highest BCUT2D eigenvalue weighted by Crippen LogP contribution is 2.18. The molecular weight excluding hydrogens is 190 g/mol. The van der Waals surface area contributed by atoms with Crippen LogP contribution in [0.1, 0.15) is 13.8 Å². The minimum absolute atomic E-state index is 0.235. The number of aromatic nitrogens is 1. The number of ether oxygens (including phenoxy) is 1. The topological polar surface area (TPSA) is 51.4 Å². The van der Waals surface area contributed by atoms with Crippen LogP contribution >= 0.6 is 0 Å². The molecule has 2 N–H and O–H groups in total. The minimum Gasteiger partial charge on any atom is -0.485 e. The molecule has 15 heavy (non-hydrogen) atoms. The predicted molar refractivity (Wildman–Crippen MR) is 61.9 cm³/mol. The van der Waals surface area contributed by atoms with Crippen LogP contribution in [0.4, 0.5) is 5.82 Å². The van der Waals surface area contributed by atoms with Crippen LogP contribution < -0.4 is 10.5 Å². The molecule has 0 amide bonds. The quantitative estimate of drug-likeness (QED) is 0.814. The number of anilines is 1. The first-order valence-electron chi connectivity index (χ1n) is 4.94. The zero-order valence-electron chi connectivity index (χ0n) is 9.82. The molecule has 0 radical (unpaired) electrons. The monoisotopic (exact) mass is 209 g/mol. The summed E-state index contributed by atoms with van der Waals surface area (Å²) < 4.78 is 5.81. The molecule has 0 fully saturated rings. The number of hydrogen-bond acceptors (Lipinski definition) is 4. The van der Waals surface area contributed by atoms with E-state index < -0.39 is 0 Å². The maximum Gasteiger partial charge on any atom is 0.138 e. The Bertz CT molecular complexity index is 306. The maximum absolute atomic E-state index is 5.81. The summed E-state index contributed by atoms with van der Waals surface area (Å²) >= 11 is 0. The summed E-state index contributed by atoms with van der Waals surface area (Å²) in [7, 11) is 4.04. The van der Waals surface area contributed by atoms with Gasteiger partial charge in [-0.3, -0.25) is 0 Å². The predicted octanol–water partition coefficient (Wildman–Crippen LogP) is 1.38. The van der Waals surface area contributed by atoms with Crippen molar-refractivity contribution in [2.24, 2.45) is 0 Å². The van der Waals surface area contributed by atoms with Crippen LogP contribution in [-0.4, -0.2) is 36.1 Å². The molecule has 0 aliphatic carbocycles. The summed E-state index contributed by atoms with van der Waals surface area (Å²) in [5.41, 5.74) is 5.26. The van der Waals surface area contributed by atoms with Crippen molar-refractivity contribution in [3.05, 3.63) is 18.3 Å². The van der Waals surface area contributed by atoms with Crippen LogP contribution in [-0.2, 0) is 0 Å². The molecule has 4 nitrogen and oxygen atoms in total. The molecule has 0 aliphatic heterocycles. The first kappa shape index (κ1) is 11.8. The third kappa shape index (κ3) is 4.16. The maximum atomic E-state index is 5.81. The Hall–Kier alpha value is -1.29. The highest BCUT2D eigenvalue weighted by molar-refractivity contribution is 5.32. The number of nitrogen functional groups attached to an aromatic ring is 1. The van der Waals surface area contributed by atoms with Crippen LogP contribution in [0, 0.1) is 0 Å². The van der Waals surface area contributed by atoms with Gasteiger partial charge < -0.3 is 15.4 Å². The Labute approximate surface area is 91.1 Å². The van der Waals surface area contributed by atoms with Gasteiger partial charge in [-0.05, 0) is 40.1 Å². The van der Waals surface area contributed by atoms with E-state index in [2.05, 4.69) is 9.88 Å². The van der Waals surface area contributed by atoms with Gasteiger partial charge in [0.15, 0.2) is 0 Å². The first-order chi connectivity index (χ1) is 6.89. The summed E-state index contributed by atoms with van der Waals surface area (Å²) in [4.78, 5) is 6.07. The fourth-order valence-electron chi connectivity index (χ4n) is 1.56. The van der Waals surface area contributed by atoms with Gasteiger partial charge in [-0.25, -0.2) is 4.98 Å². The second kappa shape index (κ2) is 4.49. The lowest BCUT2D eigenvalue weighted by molar-refractivity contribution is 0.0771. The molecule has 1 aromatic rings. The van der Waals surface area contributed by atoms with Crippen LogP contribution in [0.15, 0.2) is 18.3 Å². The van der Waals surface area contributed by atoms with Crippen molar-refractivity contribution in [1.82, 2.24) is 9.88 Å². The molecule has 0 saturated carbocycles. The van der Waals surface area contributed by atoms with E-state index in [1.165, 1.54) is 0 Å². The van der Waals surface area contributed by atoms with Gasteiger partial charge in [-0.2, -0.15) is 0 Å². The molecule has 1 heterocycles. The van der Waals surface area contributed by atoms with Crippen molar-refractivity contribution in [3.63, 3.8) is 0 Å². The van der Waals surface area contributed by atoms with Gasteiger partial charge in [0.2, 0.25) is 0 Å². The lowest BCUT2D eigenvalue weighted by Gasteiger charge is -2.29. The van der Waals surface area contributed by atoms with Crippen molar-refractivity contribution >= 4 is 5.82 Å². The second-order valence-corrected chi connectivity index (χ2v) is 4.52. The van der Waals surface area contributed by atoms with Gasteiger partial charge in [0, 0.05) is 6.54 Å². The smallest absolute Gasteiger partial charge is 0.138 e. The van der Waals surface area contributed by atoms with Gasteiger partial charge in [0.05, 0.1) is 6.20 Å². The number of likely N-dealkylation sites (N-methyl/N-ethyl adjacent to an activating group) is 1. The van der Waals surface area contributed by atoms with Crippen LogP contribution in [0.25, 0.3) is 0 Å². The fraction of sp³-hybridized carbons (Fsp3) is 0.545. The second-order valence-electron chi connectivity index (χ2n) is 4.52. The summed E-state index contributed by atoms with van der Waals surface area (Å²) in [5.74, 6) is 1.25. The van der Waals surface area contributed by atoms with Crippen molar-refractivity contribution < 1.29 is 4.74 Å². The average molecular weight is 209 g/mol. The van der Waals surface area contributed by atoms with Gasteiger partial charge >= 0.3 is 0 Å². The van der Waals surface area contributed by atoms with Crippen molar-refractivity contribution in [2.75, 3.05) is 26.4 Å². The lowest BCUT2D eigenvalue weighted by atomic mass is 10.1. The summed E-state index contributed by atoms with van der Waals surface area (Å²) in [6.45, 7) is 4.93. The standard InChI is InChI=1S/C11H19N3O/c1-11(2,8-14(3)4)15-9-5-6-10(12)13-7-9/h5-7H,8H2,1-4H3,(H2,12,13). The van der Waals surface area contributed by atoms with E-state index in [4.69, 9.17) is 10.5 Å². The largest absolute Gasteiger partial charge is 0.485 e. The highest BCUT2D eigenvalue weighted by atomic mass is 16.5. The molecule has 0 atom stereocenters. The molecule has 0 aliphatic rings. The van der Waals surface area contributed by atoms with E-state index in [9.17, 15) is 0 Å². The Morgan fingerprint density at radius 1 is 1.40 bits per heavy atom. The number of rotatable bonds is 4. The lowest BCUT2D eigenvalue weighted by Crippen LogP contribution is -2.39. The Morgan fingerprint density at radius 2 is 2.07 bits per heavy atom. The van der Waals surface area contributed by atoms with Crippen molar-refractivity contribution in [2.45, 2.75) is 19.4 Å². The third-order valence-corrected chi connectivity index (χ3v) is 1.85. The van der Waals surface area contributed by atoms with Gasteiger partial charge in [0.25, 0.3) is 0 Å². The van der Waals surface area contributed by atoms with E-state index in [1.807, 2.05) is 34.0 Å². The van der Waals surface area contributed by atoms with Crippen molar-refractivity contribution in [1.29, 1.82) is 0 Å². The number of nitrogens with two attached hydrogens (primary N) is 1. The zero-order valence-corrected chi connectivity index (χ0v) is 9.82. The van der Waals surface area contributed by atoms with Crippen LogP contribution in [0.2, 0.25) is 0 Å². The molecule has 1 rings (SSSR count). The summed E-state index contributed by atoms with van der Waals surface area (Å²) in [5, 5.41) is 0. The van der Waals surface area contributed by atoms with E-state index in [1.54, 1.807) is 12.3 Å². The summed E-state index contributed by atoms with van der Waals surface area (Å²) in [6.07, 6.45) is 1.65. The first-order valence-corrected chi connectivity index (χ1v) is 4.94. The third-order valence-electron chi connectivity index (χ3n) is 1.85. The van der Waals surface area contributed by atoms with Crippen molar-refractivity contribution in [3.8, 4) is 5.75 Å². The van der Waals surface area contributed by atoms with Gasteiger partial charge in [0.1, 0.15) is 17.2 Å². The normalized spacial score (nSPS) is 11.8. The van der Waals surface area contributed by atoms with Gasteiger partial charge in [-0.15, -0.1) is 0 Å². The molecule has 0 unspecified atom stereocenters. The number of pyridine rings is 1. The van der Waals surface area contributed by atoms with E-state index in [-0.39, 0.29) is 5.60 Å². The Kier molecular flexibility index (Phi) is 3.52. The van der Waals surface area contributed by atoms with E-state index in [0.717, 1.165) is 12.3 Å². The molecule has 0 aromatic carbocycles. The van der Waals surface area contributed by atoms with Crippen LogP contribution in [0.5, 0.6) is 5.75 Å². The highest BCUT2D eigenvalue weighted by Gasteiger charge is 2.20. The molecule has 0 saturated heterocycles. The molecular formula is C11H19N3O. The minimum atomic E-state index is -0.235. The Morgan fingerprint density at radius 3 is 2.53 bits per heavy atom. The number of hydrogen-bond donors (Lipinski definition) is 1. The van der Waals surface area contributed by atoms with Gasteiger partial charge in [-0.1, -0.05) is 0 Å². The molecule has 4 heteroatoms. The molecule has 0 bridgehead atoms. The van der Waals surface area contributed by atoms with E-state index in [0.29, 0.717) is 5.82 Å². The average Bonchev–Trinajstić information content (AvgIpc) is 2.06. The molecule has 1 aromatic heterocycles. The SMILES string of the molecule is CN(C)CC(C)(C)Oc1ccc(N)nc1. The molecule has 0 spiro atoms. The van der Waals surface area contributed by atoms with E-state index >= 15 is 0 Å². The fourth-order valence-corrected chi connectivity index (χ4v) is 1.56. The Balaban J connectivity index is 2.64.